The average Bonchev–Trinajstić information content (AvgIpc) is 3.16. The molecule has 0 saturated heterocycles. The summed E-state index contributed by atoms with van der Waals surface area (Å²) in [6.45, 7) is 0.673. The average molecular weight is 366 g/mol. The number of halogens is 1. The molecule has 0 unspecified atom stereocenters. The fourth-order valence-corrected chi connectivity index (χ4v) is 2.93. The molecule has 0 aliphatic carbocycles. The first-order valence-corrected chi connectivity index (χ1v) is 8.05. The SMILES string of the molecule is Cl.NC(=NCc1ccco1)SCCN1C(=O)c2ccccc2C1=O. The van der Waals surface area contributed by atoms with E-state index in [2.05, 4.69) is 4.99 Å². The van der Waals surface area contributed by atoms with Crippen molar-refractivity contribution in [2.45, 2.75) is 6.54 Å². The van der Waals surface area contributed by atoms with Crippen molar-refractivity contribution in [1.82, 2.24) is 4.90 Å². The summed E-state index contributed by atoms with van der Waals surface area (Å²) in [7, 11) is 0. The van der Waals surface area contributed by atoms with Crippen LogP contribution in [-0.4, -0.2) is 34.2 Å². The molecular weight excluding hydrogens is 350 g/mol. The van der Waals surface area contributed by atoms with Gasteiger partial charge in [-0.15, -0.1) is 12.4 Å². The van der Waals surface area contributed by atoms with Crippen LogP contribution in [0.4, 0.5) is 0 Å². The first-order chi connectivity index (χ1) is 11.2. The van der Waals surface area contributed by atoms with E-state index in [1.54, 1.807) is 36.6 Å². The lowest BCUT2D eigenvalue weighted by Gasteiger charge is -2.12. The van der Waals surface area contributed by atoms with Gasteiger partial charge in [-0.05, 0) is 24.3 Å². The Bertz CT molecular complexity index is 727. The molecule has 0 bridgehead atoms. The van der Waals surface area contributed by atoms with Gasteiger partial charge in [0.25, 0.3) is 11.8 Å². The number of fused-ring (bicyclic) bond motifs is 1. The predicted octanol–water partition coefficient (Wildman–Crippen LogP) is 2.55. The zero-order valence-electron chi connectivity index (χ0n) is 12.7. The van der Waals surface area contributed by atoms with E-state index in [1.807, 2.05) is 6.07 Å². The number of hydrogen-bond donors (Lipinski definition) is 1. The molecule has 6 nitrogen and oxygen atoms in total. The molecule has 2 aromatic rings. The second-order valence-corrected chi connectivity index (χ2v) is 6.01. The molecule has 1 aliphatic rings. The van der Waals surface area contributed by atoms with E-state index in [4.69, 9.17) is 10.2 Å². The number of carbonyl (C=O) groups excluding carboxylic acids is 2. The molecule has 0 radical (unpaired) electrons. The number of nitrogens with zero attached hydrogens (tertiary/aromatic N) is 2. The minimum Gasteiger partial charge on any atom is -0.467 e. The highest BCUT2D eigenvalue weighted by Crippen LogP contribution is 2.22. The lowest BCUT2D eigenvalue weighted by Crippen LogP contribution is -2.32. The zero-order valence-corrected chi connectivity index (χ0v) is 14.3. The Morgan fingerprint density at radius 3 is 2.38 bits per heavy atom. The summed E-state index contributed by atoms with van der Waals surface area (Å²) in [6.07, 6.45) is 1.58. The molecule has 2 heterocycles. The van der Waals surface area contributed by atoms with Crippen molar-refractivity contribution in [1.29, 1.82) is 0 Å². The van der Waals surface area contributed by atoms with Crippen LogP contribution in [0.15, 0.2) is 52.1 Å². The second-order valence-electron chi connectivity index (χ2n) is 4.89. The van der Waals surface area contributed by atoms with Crippen molar-refractivity contribution < 1.29 is 14.0 Å². The molecule has 0 spiro atoms. The van der Waals surface area contributed by atoms with E-state index in [0.29, 0.717) is 35.1 Å². The third kappa shape index (κ3) is 3.80. The van der Waals surface area contributed by atoms with Crippen molar-refractivity contribution in [2.75, 3.05) is 12.3 Å². The van der Waals surface area contributed by atoms with Crippen LogP contribution < -0.4 is 5.73 Å². The van der Waals surface area contributed by atoms with Crippen LogP contribution in [0.1, 0.15) is 26.5 Å². The van der Waals surface area contributed by atoms with Gasteiger partial charge >= 0.3 is 0 Å². The number of thioether (sulfide) groups is 1. The van der Waals surface area contributed by atoms with Gasteiger partial charge in [-0.1, -0.05) is 23.9 Å². The van der Waals surface area contributed by atoms with E-state index >= 15 is 0 Å². The van der Waals surface area contributed by atoms with Crippen LogP contribution in [0.3, 0.4) is 0 Å². The lowest BCUT2D eigenvalue weighted by atomic mass is 10.1. The number of carbonyl (C=O) groups is 2. The number of benzene rings is 1. The van der Waals surface area contributed by atoms with Gasteiger partial charge in [0.1, 0.15) is 5.76 Å². The summed E-state index contributed by atoms with van der Waals surface area (Å²) in [4.78, 5) is 29.8. The maximum atomic E-state index is 12.2. The molecule has 2 N–H and O–H groups in total. The van der Waals surface area contributed by atoms with E-state index in [1.165, 1.54) is 16.7 Å². The Kier molecular flexibility index (Phi) is 6.05. The molecule has 1 aliphatic heterocycles. The van der Waals surface area contributed by atoms with Gasteiger partial charge in [0, 0.05) is 12.3 Å². The van der Waals surface area contributed by atoms with Gasteiger partial charge in [-0.25, -0.2) is 0 Å². The quantitative estimate of drug-likeness (QED) is 0.499. The number of amides is 2. The minimum absolute atomic E-state index is 0. The van der Waals surface area contributed by atoms with Crippen molar-refractivity contribution >= 4 is 41.2 Å². The van der Waals surface area contributed by atoms with Crippen molar-refractivity contribution in [3.05, 3.63) is 59.5 Å². The smallest absolute Gasteiger partial charge is 0.261 e. The highest BCUT2D eigenvalue weighted by Gasteiger charge is 2.34. The van der Waals surface area contributed by atoms with Crippen LogP contribution in [-0.2, 0) is 6.54 Å². The topological polar surface area (TPSA) is 88.9 Å². The summed E-state index contributed by atoms with van der Waals surface area (Å²) >= 11 is 1.31. The molecule has 8 heteroatoms. The molecule has 0 saturated carbocycles. The van der Waals surface area contributed by atoms with Crippen LogP contribution in [0.2, 0.25) is 0 Å². The van der Waals surface area contributed by atoms with Crippen LogP contribution in [0.5, 0.6) is 0 Å². The first-order valence-electron chi connectivity index (χ1n) is 7.07. The van der Waals surface area contributed by atoms with Gasteiger partial charge in [-0.3, -0.25) is 19.5 Å². The number of aliphatic imine (C=N–C) groups is 1. The maximum absolute atomic E-state index is 12.2. The van der Waals surface area contributed by atoms with Crippen molar-refractivity contribution in [3.8, 4) is 0 Å². The third-order valence-corrected chi connectivity index (χ3v) is 4.23. The predicted molar refractivity (Wildman–Crippen MR) is 95.5 cm³/mol. The molecule has 1 aromatic carbocycles. The van der Waals surface area contributed by atoms with Crippen molar-refractivity contribution in [3.63, 3.8) is 0 Å². The molecule has 126 valence electrons. The molecule has 24 heavy (non-hydrogen) atoms. The lowest BCUT2D eigenvalue weighted by molar-refractivity contribution is 0.0664. The fraction of sp³-hybridized carbons (Fsp3) is 0.188. The van der Waals surface area contributed by atoms with E-state index < -0.39 is 0 Å². The molecule has 2 amide bonds. The highest BCUT2D eigenvalue weighted by atomic mass is 35.5. The van der Waals surface area contributed by atoms with E-state index in [9.17, 15) is 9.59 Å². The van der Waals surface area contributed by atoms with Gasteiger partial charge in [0.05, 0.1) is 23.9 Å². The zero-order chi connectivity index (χ0) is 16.2. The Balaban J connectivity index is 0.00000208. The highest BCUT2D eigenvalue weighted by molar-refractivity contribution is 8.13. The van der Waals surface area contributed by atoms with E-state index in [-0.39, 0.29) is 24.2 Å². The van der Waals surface area contributed by atoms with Crippen LogP contribution in [0, 0.1) is 0 Å². The van der Waals surface area contributed by atoms with Crippen molar-refractivity contribution in [2.24, 2.45) is 10.7 Å². The number of amidine groups is 1. The third-order valence-electron chi connectivity index (χ3n) is 3.41. The molecule has 1 aromatic heterocycles. The van der Waals surface area contributed by atoms with Crippen LogP contribution >= 0.6 is 24.2 Å². The summed E-state index contributed by atoms with van der Waals surface area (Å²) in [5, 5.41) is 0.401. The van der Waals surface area contributed by atoms with E-state index in [0.717, 1.165) is 5.76 Å². The van der Waals surface area contributed by atoms with Crippen LogP contribution in [0.25, 0.3) is 0 Å². The summed E-state index contributed by atoms with van der Waals surface area (Å²) in [5.41, 5.74) is 6.73. The Labute approximate surface area is 149 Å². The Morgan fingerprint density at radius 2 is 1.79 bits per heavy atom. The van der Waals surface area contributed by atoms with Gasteiger partial charge in [0.15, 0.2) is 5.17 Å². The summed E-state index contributed by atoms with van der Waals surface area (Å²) in [5.74, 6) is 0.724. The molecule has 0 fully saturated rings. The Morgan fingerprint density at radius 1 is 1.12 bits per heavy atom. The summed E-state index contributed by atoms with van der Waals surface area (Å²) < 4.78 is 5.16. The Hall–Kier alpha value is -2.25. The fourth-order valence-electron chi connectivity index (χ4n) is 2.29. The standard InChI is InChI=1S/C16H15N3O3S.ClH/c17-16(18-10-11-4-3-8-22-11)23-9-7-19-14(20)12-5-1-2-6-13(12)15(19)21;/h1-6,8H,7,9-10H2,(H2,17,18);1H. The van der Waals surface area contributed by atoms with Gasteiger partial charge in [0.2, 0.25) is 0 Å². The number of imide groups is 1. The molecule has 3 rings (SSSR count). The van der Waals surface area contributed by atoms with Gasteiger partial charge in [-0.2, -0.15) is 0 Å². The number of nitrogens with two attached hydrogens (primary N) is 1. The normalized spacial score (nSPS) is 13.8. The van der Waals surface area contributed by atoms with Gasteiger partial charge < -0.3 is 10.2 Å². The first kappa shape index (κ1) is 18.1. The number of furan rings is 1. The minimum atomic E-state index is -0.253. The molecule has 0 atom stereocenters. The summed E-state index contributed by atoms with van der Waals surface area (Å²) in [6, 6.07) is 10.4. The number of hydrogen-bond acceptors (Lipinski definition) is 5. The maximum Gasteiger partial charge on any atom is 0.261 e. The molecular formula is C16H16ClN3O3S. The number of rotatable bonds is 5. The monoisotopic (exact) mass is 365 g/mol. The largest absolute Gasteiger partial charge is 0.467 e. The second kappa shape index (κ2) is 8.03.